The molecule has 0 aliphatic carbocycles. The predicted octanol–water partition coefficient (Wildman–Crippen LogP) is 5.41. The molecule has 3 aromatic rings. The van der Waals surface area contributed by atoms with Crippen molar-refractivity contribution in [3.8, 4) is 5.75 Å². The zero-order valence-corrected chi connectivity index (χ0v) is 19.1. The zero-order valence-electron chi connectivity index (χ0n) is 17.5. The number of carbonyl (C=O) groups is 1. The lowest BCUT2D eigenvalue weighted by Gasteiger charge is -2.11. The topological polar surface area (TPSA) is 95.5 Å². The average molecular weight is 515 g/mol. The summed E-state index contributed by atoms with van der Waals surface area (Å²) in [5, 5.41) is 15.0. The fraction of sp³-hybridized carbons (Fsp3) is 0.136. The van der Waals surface area contributed by atoms with E-state index in [2.05, 4.69) is 10.6 Å². The summed E-state index contributed by atoms with van der Waals surface area (Å²) in [4.78, 5) is 12.0. The van der Waals surface area contributed by atoms with Gasteiger partial charge in [-0.15, -0.1) is 0 Å². The Hall–Kier alpha value is -3.25. The Labute approximate surface area is 196 Å². The first-order valence-corrected chi connectivity index (χ1v) is 12.3. The molecule has 0 aliphatic rings. The number of carbonyl (C=O) groups excluding carboxylic acids is 1. The van der Waals surface area contributed by atoms with Crippen LogP contribution in [0.5, 0.6) is 5.75 Å². The van der Waals surface area contributed by atoms with E-state index >= 15 is 0 Å². The van der Waals surface area contributed by atoms with E-state index in [9.17, 15) is 35.9 Å². The van der Waals surface area contributed by atoms with Crippen molar-refractivity contribution in [2.24, 2.45) is 0 Å². The Bertz CT molecular complexity index is 1290. The number of phenolic OH excluding ortho intramolecular Hbond substituents is 1. The van der Waals surface area contributed by atoms with Gasteiger partial charge in [-0.05, 0) is 59.8 Å². The highest BCUT2D eigenvalue weighted by molar-refractivity contribution is 8.00. The van der Waals surface area contributed by atoms with Crippen LogP contribution in [0.25, 0.3) is 0 Å². The largest absolute Gasteiger partial charge is 0.506 e. The molecule has 3 N–H and O–H groups in total. The molecule has 0 atom stereocenters. The van der Waals surface area contributed by atoms with Gasteiger partial charge >= 0.3 is 5.51 Å². The van der Waals surface area contributed by atoms with Crippen LogP contribution < -0.4 is 10.6 Å². The van der Waals surface area contributed by atoms with Crippen LogP contribution in [0.4, 0.5) is 28.9 Å². The molecule has 34 heavy (non-hydrogen) atoms. The molecule has 12 heteroatoms. The molecule has 0 aliphatic heterocycles. The van der Waals surface area contributed by atoms with E-state index in [1.807, 2.05) is 0 Å². The third-order valence-electron chi connectivity index (χ3n) is 4.50. The van der Waals surface area contributed by atoms with Crippen molar-refractivity contribution in [2.75, 3.05) is 16.9 Å². The Morgan fingerprint density at radius 1 is 1.03 bits per heavy atom. The number of halogens is 4. The van der Waals surface area contributed by atoms with Gasteiger partial charge in [0, 0.05) is 35.0 Å². The van der Waals surface area contributed by atoms with Crippen LogP contribution in [-0.4, -0.2) is 31.2 Å². The standard InChI is InChI=1S/C22H18F4N2O4S2/c1-34(31,32)20-11-18(17(23)10-19(20)29)28-21(30)14-4-2-13(3-5-14)12-27-15-6-8-16(9-7-15)33-22(24,25)26/h2-11,27,29H,12H2,1H3,(H,28,30). The maximum absolute atomic E-state index is 14.1. The fourth-order valence-corrected chi connectivity index (χ4v) is 4.19. The highest BCUT2D eigenvalue weighted by Gasteiger charge is 2.29. The molecule has 0 unspecified atom stereocenters. The van der Waals surface area contributed by atoms with Crippen LogP contribution >= 0.6 is 11.8 Å². The van der Waals surface area contributed by atoms with E-state index in [1.165, 1.54) is 36.4 Å². The Morgan fingerprint density at radius 2 is 1.65 bits per heavy atom. The molecule has 0 heterocycles. The molecule has 0 bridgehead atoms. The third kappa shape index (κ3) is 6.87. The van der Waals surface area contributed by atoms with Crippen molar-refractivity contribution in [3.63, 3.8) is 0 Å². The highest BCUT2D eigenvalue weighted by atomic mass is 32.2. The number of sulfone groups is 1. The quantitative estimate of drug-likeness (QED) is 0.169. The number of phenols is 1. The van der Waals surface area contributed by atoms with Gasteiger partial charge in [0.15, 0.2) is 9.84 Å². The normalized spacial score (nSPS) is 11.8. The Balaban J connectivity index is 1.63. The van der Waals surface area contributed by atoms with Gasteiger partial charge in [-0.25, -0.2) is 12.8 Å². The van der Waals surface area contributed by atoms with Crippen molar-refractivity contribution < 1.29 is 35.9 Å². The minimum Gasteiger partial charge on any atom is -0.506 e. The first-order valence-electron chi connectivity index (χ1n) is 9.54. The number of thioether (sulfide) groups is 1. The van der Waals surface area contributed by atoms with Crippen LogP contribution in [0.2, 0.25) is 0 Å². The van der Waals surface area contributed by atoms with E-state index in [0.717, 1.165) is 17.9 Å². The fourth-order valence-electron chi connectivity index (χ4n) is 2.88. The molecule has 3 aromatic carbocycles. The van der Waals surface area contributed by atoms with Crippen molar-refractivity contribution in [2.45, 2.75) is 21.8 Å². The molecule has 3 rings (SSSR count). The van der Waals surface area contributed by atoms with Gasteiger partial charge in [-0.2, -0.15) is 13.2 Å². The van der Waals surface area contributed by atoms with Crippen LogP contribution in [0.3, 0.4) is 0 Å². The van der Waals surface area contributed by atoms with Gasteiger partial charge in [0.1, 0.15) is 16.5 Å². The molecule has 6 nitrogen and oxygen atoms in total. The molecular formula is C22H18F4N2O4S2. The molecule has 0 radical (unpaired) electrons. The molecule has 0 spiro atoms. The van der Waals surface area contributed by atoms with Crippen LogP contribution in [0.1, 0.15) is 15.9 Å². The zero-order chi connectivity index (χ0) is 25.1. The maximum atomic E-state index is 14.1. The van der Waals surface area contributed by atoms with E-state index < -0.39 is 43.4 Å². The number of nitrogens with one attached hydrogen (secondary N) is 2. The van der Waals surface area contributed by atoms with E-state index in [0.29, 0.717) is 18.3 Å². The van der Waals surface area contributed by atoms with Gasteiger partial charge in [-0.3, -0.25) is 4.79 Å². The second-order valence-corrected chi connectivity index (χ2v) is 10.3. The lowest BCUT2D eigenvalue weighted by molar-refractivity contribution is -0.0328. The second-order valence-electron chi connectivity index (χ2n) is 7.15. The van der Waals surface area contributed by atoms with Crippen LogP contribution in [-0.2, 0) is 16.4 Å². The lowest BCUT2D eigenvalue weighted by Crippen LogP contribution is -2.14. The summed E-state index contributed by atoms with van der Waals surface area (Å²) < 4.78 is 74.7. The number of alkyl halides is 3. The second kappa shape index (κ2) is 9.94. The molecule has 0 saturated heterocycles. The molecular weight excluding hydrogens is 496 g/mol. The molecule has 0 saturated carbocycles. The summed E-state index contributed by atoms with van der Waals surface area (Å²) in [6.07, 6.45) is 0.841. The smallest absolute Gasteiger partial charge is 0.446 e. The number of amides is 1. The van der Waals surface area contributed by atoms with Gasteiger partial charge in [-0.1, -0.05) is 12.1 Å². The number of anilines is 2. The SMILES string of the molecule is CS(=O)(=O)c1cc(NC(=O)c2ccc(CNc3ccc(SC(F)(F)F)cc3)cc2)c(F)cc1O. The van der Waals surface area contributed by atoms with Crippen LogP contribution in [0.15, 0.2) is 70.5 Å². The Kier molecular flexibility index (Phi) is 7.41. The van der Waals surface area contributed by atoms with Gasteiger partial charge in [0.2, 0.25) is 0 Å². The van der Waals surface area contributed by atoms with Crippen LogP contribution in [0, 0.1) is 5.82 Å². The predicted molar refractivity (Wildman–Crippen MR) is 121 cm³/mol. The number of benzene rings is 3. The van der Waals surface area contributed by atoms with Crippen molar-refractivity contribution in [1.82, 2.24) is 0 Å². The molecule has 1 amide bonds. The molecule has 0 aromatic heterocycles. The third-order valence-corrected chi connectivity index (χ3v) is 6.36. The summed E-state index contributed by atoms with van der Waals surface area (Å²) in [5.74, 6) is -2.45. The van der Waals surface area contributed by atoms with Gasteiger partial charge in [0.05, 0.1) is 5.69 Å². The summed E-state index contributed by atoms with van der Waals surface area (Å²) in [6, 6.07) is 13.4. The van der Waals surface area contributed by atoms with E-state index in [1.54, 1.807) is 12.1 Å². The lowest BCUT2D eigenvalue weighted by atomic mass is 10.1. The number of aromatic hydroxyl groups is 1. The number of hydrogen-bond donors (Lipinski definition) is 3. The first kappa shape index (κ1) is 25.4. The Morgan fingerprint density at radius 3 is 2.21 bits per heavy atom. The van der Waals surface area contributed by atoms with Gasteiger partial charge in [0.25, 0.3) is 5.91 Å². The summed E-state index contributed by atoms with van der Waals surface area (Å²) in [7, 11) is -3.84. The summed E-state index contributed by atoms with van der Waals surface area (Å²) in [6.45, 7) is 0.331. The minimum atomic E-state index is -4.35. The number of rotatable bonds is 7. The number of hydrogen-bond acceptors (Lipinski definition) is 6. The summed E-state index contributed by atoms with van der Waals surface area (Å²) in [5.41, 5.74) is -3.21. The molecule has 0 fully saturated rings. The molecule has 180 valence electrons. The van der Waals surface area contributed by atoms with Crippen molar-refractivity contribution in [1.29, 1.82) is 0 Å². The monoisotopic (exact) mass is 514 g/mol. The highest BCUT2D eigenvalue weighted by Crippen LogP contribution is 2.37. The van der Waals surface area contributed by atoms with Crippen molar-refractivity contribution >= 4 is 38.9 Å². The summed E-state index contributed by atoms with van der Waals surface area (Å²) >= 11 is -0.199. The van der Waals surface area contributed by atoms with Gasteiger partial charge < -0.3 is 15.7 Å². The minimum absolute atomic E-state index is 0.0714. The first-order chi connectivity index (χ1) is 15.8. The maximum Gasteiger partial charge on any atom is 0.446 e. The average Bonchev–Trinajstić information content (AvgIpc) is 2.73. The van der Waals surface area contributed by atoms with E-state index in [-0.39, 0.29) is 22.2 Å². The van der Waals surface area contributed by atoms with Crippen molar-refractivity contribution in [3.05, 3.63) is 77.6 Å². The van der Waals surface area contributed by atoms with E-state index in [4.69, 9.17) is 0 Å².